The zero-order valence-electron chi connectivity index (χ0n) is 16.1. The van der Waals surface area contributed by atoms with Crippen molar-refractivity contribution in [3.63, 3.8) is 0 Å². The molecule has 0 aromatic heterocycles. The predicted octanol–water partition coefficient (Wildman–Crippen LogP) is 4.94. The molecule has 0 aliphatic carbocycles. The third-order valence-electron chi connectivity index (χ3n) is 4.48. The minimum absolute atomic E-state index is 0.0792. The largest absolute Gasteiger partial charge is 0.324 e. The molecule has 0 fully saturated rings. The molecule has 0 heterocycles. The van der Waals surface area contributed by atoms with Crippen molar-refractivity contribution in [3.8, 4) is 0 Å². The molecule has 3 aromatic carbocycles. The van der Waals surface area contributed by atoms with Crippen molar-refractivity contribution in [1.82, 2.24) is 4.72 Å². The number of rotatable bonds is 7. The fraction of sp³-hybridized carbons (Fsp3) is 0.136. The van der Waals surface area contributed by atoms with Gasteiger partial charge in [0.1, 0.15) is 6.04 Å². The predicted molar refractivity (Wildman–Crippen MR) is 123 cm³/mol. The number of aryl methyl sites for hydroxylation is 1. The molecule has 0 radical (unpaired) electrons. The van der Waals surface area contributed by atoms with Crippen LogP contribution in [0.4, 0.5) is 5.69 Å². The lowest BCUT2D eigenvalue weighted by Gasteiger charge is -2.20. The standard InChI is InChI=1S/C22H20BrClN2O3S/c1-15-7-10-18(24)14-20(15)25-22(27)21(13-16-5-3-2-4-6-16)26-30(28,29)19-11-8-17(23)9-12-19/h2-12,14,21,26H,13H2,1H3,(H,25,27)/t21-/m0/s1. The van der Waals surface area contributed by atoms with Crippen LogP contribution in [-0.2, 0) is 21.2 Å². The lowest BCUT2D eigenvalue weighted by atomic mass is 10.1. The van der Waals surface area contributed by atoms with Gasteiger partial charge < -0.3 is 5.32 Å². The molecule has 1 atom stereocenters. The zero-order chi connectivity index (χ0) is 21.7. The first-order valence-corrected chi connectivity index (χ1v) is 11.8. The van der Waals surface area contributed by atoms with Gasteiger partial charge in [-0.05, 0) is 60.9 Å². The highest BCUT2D eigenvalue weighted by molar-refractivity contribution is 9.10. The van der Waals surface area contributed by atoms with Crippen LogP contribution >= 0.6 is 27.5 Å². The summed E-state index contributed by atoms with van der Waals surface area (Å²) in [7, 11) is -3.91. The second-order valence-corrected chi connectivity index (χ2v) is 9.83. The molecule has 0 saturated heterocycles. The third-order valence-corrected chi connectivity index (χ3v) is 6.73. The van der Waals surface area contributed by atoms with E-state index in [1.165, 1.54) is 12.1 Å². The minimum Gasteiger partial charge on any atom is -0.324 e. The van der Waals surface area contributed by atoms with Gasteiger partial charge in [0.2, 0.25) is 15.9 Å². The highest BCUT2D eigenvalue weighted by atomic mass is 79.9. The van der Waals surface area contributed by atoms with Gasteiger partial charge in [0.25, 0.3) is 0 Å². The van der Waals surface area contributed by atoms with Crippen LogP contribution in [0.25, 0.3) is 0 Å². The first kappa shape index (κ1) is 22.5. The van der Waals surface area contributed by atoms with Crippen LogP contribution in [0.15, 0.2) is 82.2 Å². The van der Waals surface area contributed by atoms with Gasteiger partial charge in [0.15, 0.2) is 0 Å². The number of hydrogen-bond acceptors (Lipinski definition) is 3. The Bertz CT molecular complexity index is 1140. The van der Waals surface area contributed by atoms with E-state index in [9.17, 15) is 13.2 Å². The van der Waals surface area contributed by atoms with E-state index < -0.39 is 22.0 Å². The van der Waals surface area contributed by atoms with E-state index in [1.54, 1.807) is 30.3 Å². The number of halogens is 2. The Morgan fingerprint density at radius 1 is 1.03 bits per heavy atom. The monoisotopic (exact) mass is 506 g/mol. The Morgan fingerprint density at radius 3 is 2.37 bits per heavy atom. The number of nitrogens with one attached hydrogen (secondary N) is 2. The van der Waals surface area contributed by atoms with Crippen molar-refractivity contribution >= 4 is 49.1 Å². The van der Waals surface area contributed by atoms with Gasteiger partial charge in [0.05, 0.1) is 4.90 Å². The van der Waals surface area contributed by atoms with Crippen molar-refractivity contribution in [1.29, 1.82) is 0 Å². The summed E-state index contributed by atoms with van der Waals surface area (Å²) < 4.78 is 29.1. The molecule has 1 amide bonds. The lowest BCUT2D eigenvalue weighted by molar-refractivity contribution is -0.117. The summed E-state index contributed by atoms with van der Waals surface area (Å²) in [5.74, 6) is -0.468. The number of sulfonamides is 1. The molecule has 0 unspecified atom stereocenters. The zero-order valence-corrected chi connectivity index (χ0v) is 19.3. The number of benzene rings is 3. The molecule has 156 valence electrons. The van der Waals surface area contributed by atoms with E-state index in [0.717, 1.165) is 15.6 Å². The number of carbonyl (C=O) groups excluding carboxylic acids is 1. The summed E-state index contributed by atoms with van der Waals surface area (Å²) in [4.78, 5) is 13.1. The molecular formula is C22H20BrClN2O3S. The highest BCUT2D eigenvalue weighted by Gasteiger charge is 2.26. The van der Waals surface area contributed by atoms with Crippen molar-refractivity contribution in [3.05, 3.63) is 93.4 Å². The van der Waals surface area contributed by atoms with Crippen LogP contribution in [0, 0.1) is 6.92 Å². The molecule has 3 rings (SSSR count). The smallest absolute Gasteiger partial charge is 0.242 e. The second kappa shape index (κ2) is 9.75. The van der Waals surface area contributed by atoms with Crippen LogP contribution in [0.5, 0.6) is 0 Å². The summed E-state index contributed by atoms with van der Waals surface area (Å²) in [6.45, 7) is 1.84. The molecule has 30 heavy (non-hydrogen) atoms. The van der Waals surface area contributed by atoms with Crippen molar-refractivity contribution in [2.45, 2.75) is 24.3 Å². The molecule has 2 N–H and O–H groups in total. The van der Waals surface area contributed by atoms with Gasteiger partial charge in [-0.2, -0.15) is 4.72 Å². The lowest BCUT2D eigenvalue weighted by Crippen LogP contribution is -2.45. The first-order chi connectivity index (χ1) is 14.2. The molecule has 0 bridgehead atoms. The Hall–Kier alpha value is -2.19. The highest BCUT2D eigenvalue weighted by Crippen LogP contribution is 2.21. The van der Waals surface area contributed by atoms with E-state index in [1.807, 2.05) is 37.3 Å². The van der Waals surface area contributed by atoms with Gasteiger partial charge >= 0.3 is 0 Å². The van der Waals surface area contributed by atoms with Crippen LogP contribution in [0.1, 0.15) is 11.1 Å². The molecule has 8 heteroatoms. The summed E-state index contributed by atoms with van der Waals surface area (Å²) in [5.41, 5.74) is 2.19. The topological polar surface area (TPSA) is 75.3 Å². The minimum atomic E-state index is -3.91. The molecular weight excluding hydrogens is 488 g/mol. The van der Waals surface area contributed by atoms with Crippen LogP contribution in [0.3, 0.4) is 0 Å². The number of hydrogen-bond donors (Lipinski definition) is 2. The number of carbonyl (C=O) groups is 1. The molecule has 0 aliphatic heterocycles. The van der Waals surface area contributed by atoms with E-state index in [0.29, 0.717) is 10.7 Å². The average molecular weight is 508 g/mol. The maximum atomic E-state index is 13.1. The summed E-state index contributed by atoms with van der Waals surface area (Å²) in [5, 5.41) is 3.27. The number of anilines is 1. The fourth-order valence-corrected chi connectivity index (χ4v) is 4.49. The van der Waals surface area contributed by atoms with E-state index in [-0.39, 0.29) is 11.3 Å². The fourth-order valence-electron chi connectivity index (χ4n) is 2.86. The maximum absolute atomic E-state index is 13.1. The first-order valence-electron chi connectivity index (χ1n) is 9.13. The molecule has 0 aliphatic rings. The van der Waals surface area contributed by atoms with E-state index >= 15 is 0 Å². The van der Waals surface area contributed by atoms with Gasteiger partial charge in [-0.25, -0.2) is 8.42 Å². The van der Waals surface area contributed by atoms with E-state index in [4.69, 9.17) is 11.6 Å². The number of amides is 1. The van der Waals surface area contributed by atoms with Gasteiger partial charge in [0, 0.05) is 15.2 Å². The van der Waals surface area contributed by atoms with Crippen LogP contribution < -0.4 is 10.0 Å². The summed E-state index contributed by atoms with van der Waals surface area (Å²) in [6, 6.07) is 19.6. The Labute approximate surface area is 189 Å². The van der Waals surface area contributed by atoms with Crippen LogP contribution in [-0.4, -0.2) is 20.4 Å². The maximum Gasteiger partial charge on any atom is 0.242 e. The quantitative estimate of drug-likeness (QED) is 0.476. The average Bonchev–Trinajstić information content (AvgIpc) is 2.71. The van der Waals surface area contributed by atoms with Crippen molar-refractivity contribution in [2.75, 3.05) is 5.32 Å². The Morgan fingerprint density at radius 2 is 1.70 bits per heavy atom. The normalized spacial score (nSPS) is 12.4. The SMILES string of the molecule is Cc1ccc(Cl)cc1NC(=O)[C@H](Cc1ccccc1)NS(=O)(=O)c1ccc(Br)cc1. The van der Waals surface area contributed by atoms with E-state index in [2.05, 4.69) is 26.0 Å². The molecule has 5 nitrogen and oxygen atoms in total. The van der Waals surface area contributed by atoms with Crippen molar-refractivity contribution in [2.24, 2.45) is 0 Å². The third kappa shape index (κ3) is 5.92. The molecule has 0 saturated carbocycles. The van der Waals surface area contributed by atoms with Gasteiger partial charge in [-0.15, -0.1) is 0 Å². The summed E-state index contributed by atoms with van der Waals surface area (Å²) >= 11 is 9.33. The second-order valence-electron chi connectivity index (χ2n) is 6.77. The van der Waals surface area contributed by atoms with Crippen molar-refractivity contribution < 1.29 is 13.2 Å². The van der Waals surface area contributed by atoms with Crippen LogP contribution in [0.2, 0.25) is 5.02 Å². The molecule has 0 spiro atoms. The van der Waals surface area contributed by atoms with Gasteiger partial charge in [-0.1, -0.05) is 63.9 Å². The Balaban J connectivity index is 1.88. The van der Waals surface area contributed by atoms with Gasteiger partial charge in [-0.3, -0.25) is 4.79 Å². The molecule has 3 aromatic rings. The Kier molecular flexibility index (Phi) is 7.31. The summed E-state index contributed by atoms with van der Waals surface area (Å²) in [6.07, 6.45) is 0.196.